The van der Waals surface area contributed by atoms with Crippen molar-refractivity contribution in [2.75, 3.05) is 20.1 Å². The summed E-state index contributed by atoms with van der Waals surface area (Å²) in [6.07, 6.45) is 8.69. The highest BCUT2D eigenvalue weighted by Crippen LogP contribution is 2.40. The van der Waals surface area contributed by atoms with E-state index in [1.165, 1.54) is 18.6 Å². The third-order valence-electron chi connectivity index (χ3n) is 5.03. The number of fused-ring (bicyclic) bond motifs is 2. The third kappa shape index (κ3) is 2.74. The number of hydrogen-bond donors (Lipinski definition) is 1. The fraction of sp³-hybridized carbons (Fsp3) is 0.471. The van der Waals surface area contributed by atoms with Crippen LogP contribution < -0.4 is 5.32 Å². The number of imidazole rings is 1. The summed E-state index contributed by atoms with van der Waals surface area (Å²) in [6, 6.07) is 0. The van der Waals surface area contributed by atoms with E-state index in [4.69, 9.17) is 4.74 Å². The van der Waals surface area contributed by atoms with Gasteiger partial charge in [-0.15, -0.1) is 0 Å². The molecule has 9 nitrogen and oxygen atoms in total. The van der Waals surface area contributed by atoms with Gasteiger partial charge in [-0.1, -0.05) is 0 Å². The SMILES string of the molecule is CNC(=O)[C@H]1Cn2ccnc2C2(CCN(C(=O)c3cnccn3)CC2)O1. The van der Waals surface area contributed by atoms with Crippen molar-refractivity contribution in [1.29, 1.82) is 0 Å². The van der Waals surface area contributed by atoms with E-state index >= 15 is 0 Å². The second-order valence-electron chi connectivity index (χ2n) is 6.50. The Balaban J connectivity index is 1.54. The number of ether oxygens (including phenoxy) is 1. The molecule has 9 heteroatoms. The van der Waals surface area contributed by atoms with E-state index < -0.39 is 11.7 Å². The summed E-state index contributed by atoms with van der Waals surface area (Å²) >= 11 is 0. The van der Waals surface area contributed by atoms with Crippen molar-refractivity contribution in [2.24, 2.45) is 0 Å². The molecule has 2 aliphatic heterocycles. The lowest BCUT2D eigenvalue weighted by Gasteiger charge is -2.45. The third-order valence-corrected chi connectivity index (χ3v) is 5.03. The summed E-state index contributed by atoms with van der Waals surface area (Å²) in [5, 5.41) is 2.65. The number of nitrogens with zero attached hydrogens (tertiary/aromatic N) is 5. The average molecular weight is 356 g/mol. The number of aromatic nitrogens is 4. The van der Waals surface area contributed by atoms with Gasteiger partial charge in [0.2, 0.25) is 0 Å². The van der Waals surface area contributed by atoms with Crippen LogP contribution in [0.5, 0.6) is 0 Å². The fourth-order valence-corrected chi connectivity index (χ4v) is 3.68. The van der Waals surface area contributed by atoms with Gasteiger partial charge >= 0.3 is 0 Å². The van der Waals surface area contributed by atoms with Crippen molar-refractivity contribution in [2.45, 2.75) is 31.1 Å². The first-order valence-electron chi connectivity index (χ1n) is 8.59. The number of piperidine rings is 1. The van der Waals surface area contributed by atoms with E-state index in [9.17, 15) is 9.59 Å². The maximum absolute atomic E-state index is 12.6. The maximum atomic E-state index is 12.6. The van der Waals surface area contributed by atoms with Crippen LogP contribution in [0.15, 0.2) is 31.0 Å². The summed E-state index contributed by atoms with van der Waals surface area (Å²) in [5.41, 5.74) is -0.323. The van der Waals surface area contributed by atoms with Crippen LogP contribution in [0.25, 0.3) is 0 Å². The van der Waals surface area contributed by atoms with Gasteiger partial charge in [-0.25, -0.2) is 9.97 Å². The number of carbonyl (C=O) groups is 2. The molecule has 0 saturated carbocycles. The molecule has 26 heavy (non-hydrogen) atoms. The van der Waals surface area contributed by atoms with Crippen molar-refractivity contribution in [3.8, 4) is 0 Å². The Morgan fingerprint density at radius 3 is 2.73 bits per heavy atom. The van der Waals surface area contributed by atoms with Gasteiger partial charge in [0.25, 0.3) is 11.8 Å². The Labute approximate surface area is 150 Å². The topological polar surface area (TPSA) is 102 Å². The second-order valence-corrected chi connectivity index (χ2v) is 6.50. The molecular formula is C17H20N6O3. The van der Waals surface area contributed by atoms with Crippen molar-refractivity contribution in [3.05, 3.63) is 42.5 Å². The lowest BCUT2D eigenvalue weighted by atomic mass is 9.88. The van der Waals surface area contributed by atoms with E-state index in [1.54, 1.807) is 18.1 Å². The highest BCUT2D eigenvalue weighted by molar-refractivity contribution is 5.92. The molecule has 2 amide bonds. The van der Waals surface area contributed by atoms with Gasteiger partial charge in [-0.3, -0.25) is 14.6 Å². The lowest BCUT2D eigenvalue weighted by Crippen LogP contribution is -2.54. The fourth-order valence-electron chi connectivity index (χ4n) is 3.68. The number of likely N-dealkylation sites (tertiary alicyclic amines) is 1. The summed E-state index contributed by atoms with van der Waals surface area (Å²) in [4.78, 5) is 39.0. The monoisotopic (exact) mass is 356 g/mol. The molecule has 4 heterocycles. The van der Waals surface area contributed by atoms with Gasteiger partial charge in [0.05, 0.1) is 12.7 Å². The molecule has 2 aliphatic rings. The normalized spacial score (nSPS) is 21.3. The number of carbonyl (C=O) groups excluding carboxylic acids is 2. The van der Waals surface area contributed by atoms with Crippen LogP contribution in [0.4, 0.5) is 0 Å². The molecule has 0 bridgehead atoms. The van der Waals surface area contributed by atoms with Crippen LogP contribution in [0.2, 0.25) is 0 Å². The zero-order chi connectivity index (χ0) is 18.1. The smallest absolute Gasteiger partial charge is 0.274 e. The summed E-state index contributed by atoms with van der Waals surface area (Å²) in [5.74, 6) is 0.529. The molecular weight excluding hydrogens is 336 g/mol. The van der Waals surface area contributed by atoms with Crippen molar-refractivity contribution in [3.63, 3.8) is 0 Å². The average Bonchev–Trinajstić information content (AvgIpc) is 3.18. The maximum Gasteiger partial charge on any atom is 0.274 e. The van der Waals surface area contributed by atoms with Crippen LogP contribution in [-0.4, -0.2) is 62.5 Å². The Morgan fingerprint density at radius 2 is 2.04 bits per heavy atom. The van der Waals surface area contributed by atoms with Gasteiger partial charge in [-0.05, 0) is 0 Å². The zero-order valence-corrected chi connectivity index (χ0v) is 14.5. The molecule has 4 rings (SSSR count). The zero-order valence-electron chi connectivity index (χ0n) is 14.5. The molecule has 1 N–H and O–H groups in total. The molecule has 0 aromatic carbocycles. The highest BCUT2D eigenvalue weighted by atomic mass is 16.5. The van der Waals surface area contributed by atoms with Crippen molar-refractivity contribution in [1.82, 2.24) is 29.7 Å². The number of rotatable bonds is 2. The molecule has 136 valence electrons. The number of likely N-dealkylation sites (N-methyl/N-ethyl adjacent to an activating group) is 1. The van der Waals surface area contributed by atoms with Gasteiger partial charge in [0, 0.05) is 57.8 Å². The van der Waals surface area contributed by atoms with Crippen LogP contribution >= 0.6 is 0 Å². The lowest BCUT2D eigenvalue weighted by molar-refractivity contribution is -0.171. The standard InChI is InChI=1S/C17H20N6O3/c1-18-14(24)13-11-23-9-6-21-16(23)17(26-13)2-7-22(8-3-17)15(25)12-10-19-4-5-20-12/h4-6,9-10,13H,2-3,7-8,11H2,1H3,(H,18,24)/t13-/m1/s1. The Bertz CT molecular complexity index is 813. The molecule has 1 atom stereocenters. The minimum Gasteiger partial charge on any atom is -0.357 e. The molecule has 0 aliphatic carbocycles. The molecule has 0 unspecified atom stereocenters. The molecule has 1 fully saturated rings. The van der Waals surface area contributed by atoms with E-state index in [0.29, 0.717) is 38.2 Å². The van der Waals surface area contributed by atoms with Crippen molar-refractivity contribution >= 4 is 11.8 Å². The Morgan fingerprint density at radius 1 is 1.23 bits per heavy atom. The number of amides is 2. The summed E-state index contributed by atoms with van der Waals surface area (Å²) in [7, 11) is 1.60. The van der Waals surface area contributed by atoms with Crippen LogP contribution in [-0.2, 0) is 21.7 Å². The first-order chi connectivity index (χ1) is 12.6. The van der Waals surface area contributed by atoms with Crippen LogP contribution in [0.1, 0.15) is 29.2 Å². The molecule has 0 radical (unpaired) electrons. The minimum absolute atomic E-state index is 0.144. The minimum atomic E-state index is -0.655. The first kappa shape index (κ1) is 16.6. The van der Waals surface area contributed by atoms with Crippen molar-refractivity contribution < 1.29 is 14.3 Å². The van der Waals surface area contributed by atoms with E-state index in [2.05, 4.69) is 20.3 Å². The largest absolute Gasteiger partial charge is 0.357 e. The molecule has 2 aromatic heterocycles. The van der Waals surface area contributed by atoms with Gasteiger partial charge < -0.3 is 19.5 Å². The van der Waals surface area contributed by atoms with Gasteiger partial charge in [-0.2, -0.15) is 0 Å². The second kappa shape index (κ2) is 6.49. The van der Waals surface area contributed by atoms with Crippen LogP contribution in [0, 0.1) is 0 Å². The molecule has 1 spiro atoms. The summed E-state index contributed by atoms with van der Waals surface area (Å²) in [6.45, 7) is 1.45. The first-order valence-corrected chi connectivity index (χ1v) is 8.59. The number of nitrogens with one attached hydrogen (secondary N) is 1. The molecule has 1 saturated heterocycles. The predicted molar refractivity (Wildman–Crippen MR) is 90.0 cm³/mol. The van der Waals surface area contributed by atoms with E-state index in [0.717, 1.165) is 5.82 Å². The van der Waals surface area contributed by atoms with Crippen LogP contribution in [0.3, 0.4) is 0 Å². The Hall–Kier alpha value is -2.81. The number of hydrogen-bond acceptors (Lipinski definition) is 6. The van der Waals surface area contributed by atoms with E-state index in [1.807, 2.05) is 10.8 Å². The summed E-state index contributed by atoms with van der Waals surface area (Å²) < 4.78 is 8.20. The van der Waals surface area contributed by atoms with Gasteiger partial charge in [0.1, 0.15) is 17.1 Å². The van der Waals surface area contributed by atoms with E-state index in [-0.39, 0.29) is 11.8 Å². The predicted octanol–water partition coefficient (Wildman–Crippen LogP) is -0.0506. The quantitative estimate of drug-likeness (QED) is 0.809. The highest BCUT2D eigenvalue weighted by Gasteiger charge is 2.47. The molecule has 2 aromatic rings. The Kier molecular flexibility index (Phi) is 4.15. The van der Waals surface area contributed by atoms with Gasteiger partial charge in [0.15, 0.2) is 6.10 Å².